The van der Waals surface area contributed by atoms with Gasteiger partial charge in [0, 0.05) is 25.3 Å². The fourth-order valence-corrected chi connectivity index (χ4v) is 3.02. The number of piperazine rings is 1. The van der Waals surface area contributed by atoms with Gasteiger partial charge in [0.15, 0.2) is 0 Å². The first-order chi connectivity index (χ1) is 11.2. The van der Waals surface area contributed by atoms with Gasteiger partial charge >= 0.3 is 0 Å². The minimum Gasteiger partial charge on any atom is -0.328 e. The first-order valence-electron chi connectivity index (χ1n) is 8.37. The lowest BCUT2D eigenvalue weighted by atomic mass is 10.0. The zero-order valence-corrected chi connectivity index (χ0v) is 15.0. The Morgan fingerprint density at radius 2 is 2.00 bits per heavy atom. The van der Waals surface area contributed by atoms with Crippen LogP contribution in [-0.2, 0) is 12.8 Å². The average molecular weight is 349 g/mol. The topological polar surface area (TPSA) is 61.0 Å². The highest BCUT2D eigenvalue weighted by molar-refractivity contribution is 5.92. The summed E-state index contributed by atoms with van der Waals surface area (Å²) < 4.78 is 0. The van der Waals surface area contributed by atoms with Crippen LogP contribution in [-0.4, -0.2) is 40.6 Å². The van der Waals surface area contributed by atoms with Gasteiger partial charge < -0.3 is 10.2 Å². The van der Waals surface area contributed by atoms with E-state index in [1.54, 1.807) is 0 Å². The van der Waals surface area contributed by atoms with Crippen LogP contribution in [0.15, 0.2) is 30.3 Å². The molecule has 0 saturated carbocycles. The van der Waals surface area contributed by atoms with Gasteiger partial charge in [-0.15, -0.1) is 12.4 Å². The van der Waals surface area contributed by atoms with Gasteiger partial charge in [-0.3, -0.25) is 9.89 Å². The van der Waals surface area contributed by atoms with Crippen molar-refractivity contribution in [2.75, 3.05) is 19.6 Å². The van der Waals surface area contributed by atoms with Crippen LogP contribution in [0.25, 0.3) is 0 Å². The number of H-pyrrole nitrogens is 1. The monoisotopic (exact) mass is 348 g/mol. The predicted octanol–water partition coefficient (Wildman–Crippen LogP) is 2.74. The molecule has 1 fully saturated rings. The van der Waals surface area contributed by atoms with Crippen molar-refractivity contribution in [2.24, 2.45) is 0 Å². The van der Waals surface area contributed by atoms with Gasteiger partial charge in [-0.05, 0) is 30.0 Å². The standard InChI is InChI=1S/C18H24N4O.ClH/c1-3-13-5-7-14(8-6-13)17-12-19-9-10-22(17)18(23)16-11-15(4-2)20-21-16;/h5-8,11,17,19H,3-4,9-10,12H2,1-2H3,(H,20,21);1H. The van der Waals surface area contributed by atoms with Crippen LogP contribution in [0.1, 0.15) is 47.2 Å². The van der Waals surface area contributed by atoms with E-state index in [0.29, 0.717) is 12.2 Å². The van der Waals surface area contributed by atoms with Crippen LogP contribution < -0.4 is 5.32 Å². The number of rotatable bonds is 4. The number of hydrogen-bond acceptors (Lipinski definition) is 3. The Bertz CT molecular complexity index is 668. The average Bonchev–Trinajstić information content (AvgIpc) is 3.10. The zero-order chi connectivity index (χ0) is 16.2. The van der Waals surface area contributed by atoms with Crippen molar-refractivity contribution < 1.29 is 4.79 Å². The van der Waals surface area contributed by atoms with Crippen LogP contribution in [0.2, 0.25) is 0 Å². The van der Waals surface area contributed by atoms with Crippen LogP contribution in [0.5, 0.6) is 0 Å². The molecule has 2 aromatic rings. The minimum absolute atomic E-state index is 0. The second-order valence-corrected chi connectivity index (χ2v) is 5.95. The molecule has 1 aromatic heterocycles. The second kappa shape index (κ2) is 8.31. The Kier molecular flexibility index (Phi) is 6.40. The molecule has 1 saturated heterocycles. The Labute approximate surface area is 149 Å². The highest BCUT2D eigenvalue weighted by Crippen LogP contribution is 2.24. The fourth-order valence-electron chi connectivity index (χ4n) is 3.02. The van der Waals surface area contributed by atoms with E-state index < -0.39 is 0 Å². The van der Waals surface area contributed by atoms with Crippen molar-refractivity contribution in [1.82, 2.24) is 20.4 Å². The number of aromatic amines is 1. The van der Waals surface area contributed by atoms with Gasteiger partial charge in [0.1, 0.15) is 5.69 Å². The molecule has 5 nitrogen and oxygen atoms in total. The van der Waals surface area contributed by atoms with E-state index in [4.69, 9.17) is 0 Å². The highest BCUT2D eigenvalue weighted by Gasteiger charge is 2.29. The fraction of sp³-hybridized carbons (Fsp3) is 0.444. The number of amides is 1. The number of hydrogen-bond donors (Lipinski definition) is 2. The third-order valence-corrected chi connectivity index (χ3v) is 4.51. The van der Waals surface area contributed by atoms with Crippen LogP contribution in [0.4, 0.5) is 0 Å². The summed E-state index contributed by atoms with van der Waals surface area (Å²) in [6.45, 7) is 6.50. The van der Waals surface area contributed by atoms with Gasteiger partial charge in [0.05, 0.1) is 6.04 Å². The van der Waals surface area contributed by atoms with Crippen LogP contribution >= 0.6 is 12.4 Å². The molecular formula is C18H25ClN4O. The molecule has 0 radical (unpaired) electrons. The number of nitrogens with one attached hydrogen (secondary N) is 2. The quantitative estimate of drug-likeness (QED) is 0.893. The van der Waals surface area contributed by atoms with Crippen molar-refractivity contribution in [3.8, 4) is 0 Å². The predicted molar refractivity (Wildman–Crippen MR) is 97.7 cm³/mol. The first-order valence-corrected chi connectivity index (χ1v) is 8.37. The van der Waals surface area contributed by atoms with E-state index >= 15 is 0 Å². The summed E-state index contributed by atoms with van der Waals surface area (Å²) in [5, 5.41) is 10.5. The molecule has 2 heterocycles. The summed E-state index contributed by atoms with van der Waals surface area (Å²) in [6.07, 6.45) is 1.88. The molecule has 0 bridgehead atoms. The lowest BCUT2D eigenvalue weighted by Crippen LogP contribution is -2.48. The summed E-state index contributed by atoms with van der Waals surface area (Å²) >= 11 is 0. The minimum atomic E-state index is 0. The van der Waals surface area contributed by atoms with Gasteiger partial charge in [0.25, 0.3) is 5.91 Å². The second-order valence-electron chi connectivity index (χ2n) is 5.95. The molecular weight excluding hydrogens is 324 g/mol. The van der Waals surface area contributed by atoms with Gasteiger partial charge in [-0.2, -0.15) is 5.10 Å². The molecule has 0 aliphatic carbocycles. The molecule has 1 atom stereocenters. The van der Waals surface area contributed by atoms with Gasteiger partial charge in [-0.25, -0.2) is 0 Å². The molecule has 0 spiro atoms. The van der Waals surface area contributed by atoms with Crippen molar-refractivity contribution in [3.63, 3.8) is 0 Å². The maximum atomic E-state index is 12.9. The number of carbonyl (C=O) groups is 1. The summed E-state index contributed by atoms with van der Waals surface area (Å²) in [5.41, 5.74) is 4.00. The van der Waals surface area contributed by atoms with Crippen LogP contribution in [0.3, 0.4) is 0 Å². The molecule has 24 heavy (non-hydrogen) atoms. The van der Waals surface area contributed by atoms with Crippen molar-refractivity contribution in [1.29, 1.82) is 0 Å². The molecule has 3 rings (SSSR count). The third kappa shape index (κ3) is 3.79. The normalized spacial score (nSPS) is 17.4. The Morgan fingerprint density at radius 1 is 1.25 bits per heavy atom. The zero-order valence-electron chi connectivity index (χ0n) is 14.2. The Hall–Kier alpha value is -1.85. The van der Waals surface area contributed by atoms with E-state index in [0.717, 1.165) is 31.6 Å². The number of halogens is 1. The molecule has 1 unspecified atom stereocenters. The van der Waals surface area contributed by atoms with Gasteiger partial charge in [-0.1, -0.05) is 38.1 Å². The Balaban J connectivity index is 0.00000208. The first kappa shape index (κ1) is 18.5. The van der Waals surface area contributed by atoms with E-state index in [9.17, 15) is 4.79 Å². The lowest BCUT2D eigenvalue weighted by molar-refractivity contribution is 0.0628. The maximum Gasteiger partial charge on any atom is 0.274 e. The summed E-state index contributed by atoms with van der Waals surface area (Å²) in [7, 11) is 0. The van der Waals surface area contributed by atoms with Crippen molar-refractivity contribution >= 4 is 18.3 Å². The number of benzene rings is 1. The molecule has 6 heteroatoms. The smallest absolute Gasteiger partial charge is 0.274 e. The maximum absolute atomic E-state index is 12.9. The molecule has 130 valence electrons. The summed E-state index contributed by atoms with van der Waals surface area (Å²) in [4.78, 5) is 14.8. The SMILES string of the molecule is CCc1ccc(C2CNCCN2C(=O)c2cc(CC)[nH]n2)cc1.Cl. The third-order valence-electron chi connectivity index (χ3n) is 4.51. The number of aryl methyl sites for hydroxylation is 2. The Morgan fingerprint density at radius 3 is 2.62 bits per heavy atom. The molecule has 1 aliphatic rings. The number of aromatic nitrogens is 2. The summed E-state index contributed by atoms with van der Waals surface area (Å²) in [5.74, 6) is 0.00650. The van der Waals surface area contributed by atoms with Crippen molar-refractivity contribution in [2.45, 2.75) is 32.7 Å². The molecule has 1 amide bonds. The lowest BCUT2D eigenvalue weighted by Gasteiger charge is -2.36. The van der Waals surface area contributed by atoms with E-state index in [1.807, 2.05) is 17.9 Å². The van der Waals surface area contributed by atoms with E-state index in [2.05, 4.69) is 46.7 Å². The number of nitrogens with zero attached hydrogens (tertiary/aromatic N) is 2. The molecule has 1 aromatic carbocycles. The highest BCUT2D eigenvalue weighted by atomic mass is 35.5. The largest absolute Gasteiger partial charge is 0.328 e. The molecule has 1 aliphatic heterocycles. The van der Waals surface area contributed by atoms with Crippen molar-refractivity contribution in [3.05, 3.63) is 52.8 Å². The summed E-state index contributed by atoms with van der Waals surface area (Å²) in [6, 6.07) is 10.5. The van der Waals surface area contributed by atoms with E-state index in [1.165, 1.54) is 11.1 Å². The van der Waals surface area contributed by atoms with Gasteiger partial charge in [0.2, 0.25) is 0 Å². The number of carbonyl (C=O) groups excluding carboxylic acids is 1. The molecule has 2 N–H and O–H groups in total. The van der Waals surface area contributed by atoms with E-state index in [-0.39, 0.29) is 24.4 Å². The van der Waals surface area contributed by atoms with Crippen LogP contribution in [0, 0.1) is 0 Å².